The van der Waals surface area contributed by atoms with Crippen LogP contribution < -0.4 is 5.43 Å². The van der Waals surface area contributed by atoms with Crippen molar-refractivity contribution in [3.8, 4) is 6.19 Å². The lowest BCUT2D eigenvalue weighted by molar-refractivity contribution is 0.524. The predicted molar refractivity (Wildman–Crippen MR) is 24.0 cm³/mol. The molecule has 0 radical (unpaired) electrons. The molecule has 1 rings (SSSR count). The van der Waals surface area contributed by atoms with Gasteiger partial charge in [-0.3, -0.25) is 5.43 Å². The van der Waals surface area contributed by atoms with Crippen LogP contribution in [0.5, 0.6) is 0 Å². The summed E-state index contributed by atoms with van der Waals surface area (Å²) in [6, 6.07) is 0. The summed E-state index contributed by atoms with van der Waals surface area (Å²) in [6.45, 7) is 0.141. The first-order valence-corrected chi connectivity index (χ1v) is 1.98. The van der Waals surface area contributed by atoms with Gasteiger partial charge < -0.3 is 0 Å². The smallest absolute Gasteiger partial charge is 0.285 e. The maximum Gasteiger partial charge on any atom is 0.316 e. The van der Waals surface area contributed by atoms with Crippen molar-refractivity contribution >= 4 is 6.09 Å². The van der Waals surface area contributed by atoms with Crippen molar-refractivity contribution in [3.05, 3.63) is 0 Å². The molecule has 0 bridgehead atoms. The number of halogens is 1. The lowest BCUT2D eigenvalue weighted by atomic mass is 10.9. The quantitative estimate of drug-likeness (QED) is 0.343. The van der Waals surface area contributed by atoms with Crippen molar-refractivity contribution in [1.29, 1.82) is 5.26 Å². The topological polar surface area (TPSA) is 51.4 Å². The van der Waals surface area contributed by atoms with Gasteiger partial charge in [0.15, 0.2) is 6.19 Å². The third-order valence-electron chi connectivity index (χ3n) is 0.744. The SMILES string of the molecule is N#CN1CNN=C1F. The van der Waals surface area contributed by atoms with E-state index in [0.717, 1.165) is 4.90 Å². The van der Waals surface area contributed by atoms with Gasteiger partial charge in [0.25, 0.3) is 0 Å². The molecule has 8 heavy (non-hydrogen) atoms. The Labute approximate surface area is 45.2 Å². The lowest BCUT2D eigenvalue weighted by Gasteiger charge is -1.97. The summed E-state index contributed by atoms with van der Waals surface area (Å²) in [5.74, 6) is 0. The van der Waals surface area contributed by atoms with Crippen LogP contribution in [0.2, 0.25) is 0 Å². The maximum atomic E-state index is 12.0. The van der Waals surface area contributed by atoms with Crippen LogP contribution in [0.1, 0.15) is 0 Å². The van der Waals surface area contributed by atoms with Gasteiger partial charge in [0.2, 0.25) is 0 Å². The van der Waals surface area contributed by atoms with Gasteiger partial charge in [0.1, 0.15) is 6.67 Å². The van der Waals surface area contributed by atoms with Gasteiger partial charge in [0, 0.05) is 0 Å². The third kappa shape index (κ3) is 0.559. The summed E-state index contributed by atoms with van der Waals surface area (Å²) in [5, 5.41) is 11.1. The first kappa shape index (κ1) is 4.84. The largest absolute Gasteiger partial charge is 0.316 e. The van der Waals surface area contributed by atoms with E-state index in [9.17, 15) is 4.39 Å². The molecule has 1 N–H and O–H groups in total. The maximum absolute atomic E-state index is 12.0. The van der Waals surface area contributed by atoms with Crippen LogP contribution in [0.4, 0.5) is 4.39 Å². The fraction of sp³-hybridized carbons (Fsp3) is 0.333. The molecule has 42 valence electrons. The van der Waals surface area contributed by atoms with Crippen molar-refractivity contribution in [1.82, 2.24) is 10.3 Å². The first-order chi connectivity index (χ1) is 3.84. The highest BCUT2D eigenvalue weighted by Gasteiger charge is 2.13. The molecule has 0 saturated heterocycles. The summed E-state index contributed by atoms with van der Waals surface area (Å²) in [5.41, 5.74) is 2.29. The number of hydrogen-bond acceptors (Lipinski definition) is 4. The minimum absolute atomic E-state index is 0.141. The van der Waals surface area contributed by atoms with E-state index in [1.165, 1.54) is 0 Å². The van der Waals surface area contributed by atoms with E-state index in [1.807, 2.05) is 0 Å². The average molecular weight is 114 g/mol. The molecule has 0 aromatic rings. The molecule has 0 unspecified atom stereocenters. The molecule has 0 aliphatic carbocycles. The van der Waals surface area contributed by atoms with Gasteiger partial charge in [-0.25, -0.2) is 4.90 Å². The monoisotopic (exact) mass is 114 g/mol. The number of rotatable bonds is 0. The van der Waals surface area contributed by atoms with E-state index < -0.39 is 6.09 Å². The molecule has 0 fully saturated rings. The molecule has 0 saturated carbocycles. The second kappa shape index (κ2) is 1.66. The van der Waals surface area contributed by atoms with Crippen molar-refractivity contribution in [2.24, 2.45) is 5.10 Å². The van der Waals surface area contributed by atoms with Gasteiger partial charge in [-0.15, -0.1) is 5.10 Å². The van der Waals surface area contributed by atoms with Gasteiger partial charge in [-0.05, 0) is 0 Å². The van der Waals surface area contributed by atoms with Crippen LogP contribution in [0, 0.1) is 11.5 Å². The third-order valence-corrected chi connectivity index (χ3v) is 0.744. The molecule has 0 spiro atoms. The van der Waals surface area contributed by atoms with Crippen molar-refractivity contribution in [2.45, 2.75) is 0 Å². The van der Waals surface area contributed by atoms with Gasteiger partial charge in [0.05, 0.1) is 0 Å². The summed E-state index contributed by atoms with van der Waals surface area (Å²) >= 11 is 0. The summed E-state index contributed by atoms with van der Waals surface area (Å²) in [6.07, 6.45) is 0.808. The van der Waals surface area contributed by atoms with Crippen molar-refractivity contribution < 1.29 is 4.39 Å². The summed E-state index contributed by atoms with van der Waals surface area (Å²) in [4.78, 5) is 0.806. The number of nitrogens with zero attached hydrogens (tertiary/aromatic N) is 3. The molecule has 1 aliphatic rings. The Kier molecular flexibility index (Phi) is 1.00. The molecule has 0 aromatic carbocycles. The second-order valence-corrected chi connectivity index (χ2v) is 1.23. The number of hydrazone groups is 1. The van der Waals surface area contributed by atoms with E-state index >= 15 is 0 Å². The number of hydrogen-bond donors (Lipinski definition) is 1. The molecule has 5 heteroatoms. The van der Waals surface area contributed by atoms with Gasteiger partial charge >= 0.3 is 6.09 Å². The van der Waals surface area contributed by atoms with Crippen LogP contribution in [0.3, 0.4) is 0 Å². The highest BCUT2D eigenvalue weighted by molar-refractivity contribution is 5.74. The zero-order valence-corrected chi connectivity index (χ0v) is 3.93. The number of amidine groups is 1. The van der Waals surface area contributed by atoms with Gasteiger partial charge in [-0.2, -0.15) is 9.65 Å². The molecule has 1 heterocycles. The van der Waals surface area contributed by atoms with E-state index in [-0.39, 0.29) is 6.67 Å². The fourth-order valence-corrected chi connectivity index (χ4v) is 0.374. The zero-order valence-electron chi connectivity index (χ0n) is 3.93. The second-order valence-electron chi connectivity index (χ2n) is 1.23. The number of nitrogens with one attached hydrogen (secondary N) is 1. The Bertz CT molecular complexity index is 157. The van der Waals surface area contributed by atoms with Crippen LogP contribution in [0.15, 0.2) is 5.10 Å². The van der Waals surface area contributed by atoms with E-state index in [4.69, 9.17) is 5.26 Å². The number of nitriles is 1. The average Bonchev–Trinajstić information content (AvgIpc) is 2.14. The standard InChI is InChI=1S/C3H3FN4/c4-3-7-6-2-8(3)1-5/h6H,2H2. The molecule has 0 aromatic heterocycles. The van der Waals surface area contributed by atoms with E-state index in [1.54, 1.807) is 6.19 Å². The summed E-state index contributed by atoms with van der Waals surface area (Å²) < 4.78 is 12.0. The Morgan fingerprint density at radius 3 is 3.00 bits per heavy atom. The highest BCUT2D eigenvalue weighted by atomic mass is 19.1. The summed E-state index contributed by atoms with van der Waals surface area (Å²) in [7, 11) is 0. The van der Waals surface area contributed by atoms with Crippen LogP contribution in [-0.2, 0) is 0 Å². The Hall–Kier alpha value is -1.31. The molecular weight excluding hydrogens is 111 g/mol. The van der Waals surface area contributed by atoms with Crippen LogP contribution in [-0.4, -0.2) is 17.7 Å². The predicted octanol–water partition coefficient (Wildman–Crippen LogP) is -0.429. The van der Waals surface area contributed by atoms with E-state index in [2.05, 4.69) is 10.5 Å². The van der Waals surface area contributed by atoms with E-state index in [0.29, 0.717) is 0 Å². The highest BCUT2D eigenvalue weighted by Crippen LogP contribution is 1.94. The molecule has 1 aliphatic heterocycles. The Morgan fingerprint density at radius 2 is 2.75 bits per heavy atom. The van der Waals surface area contributed by atoms with Crippen molar-refractivity contribution in [3.63, 3.8) is 0 Å². The van der Waals surface area contributed by atoms with Crippen molar-refractivity contribution in [2.75, 3.05) is 6.67 Å². The first-order valence-electron chi connectivity index (χ1n) is 1.98. The van der Waals surface area contributed by atoms with Gasteiger partial charge in [-0.1, -0.05) is 0 Å². The van der Waals surface area contributed by atoms with Crippen LogP contribution >= 0.6 is 0 Å². The zero-order chi connectivity index (χ0) is 5.98. The molecular formula is C3H3FN4. The molecule has 0 atom stereocenters. The minimum Gasteiger partial charge on any atom is -0.285 e. The molecule has 4 nitrogen and oxygen atoms in total. The molecule has 0 amide bonds. The Balaban J connectivity index is 2.63. The lowest BCUT2D eigenvalue weighted by Crippen LogP contribution is -2.20. The van der Waals surface area contributed by atoms with Crippen LogP contribution in [0.25, 0.3) is 0 Å². The minimum atomic E-state index is -0.771. The Morgan fingerprint density at radius 1 is 2.00 bits per heavy atom. The normalized spacial score (nSPS) is 17.0. The fourth-order valence-electron chi connectivity index (χ4n) is 0.374.